The SMILES string of the molecule is CC1(CN=C(N)NC2CCCC2)CCCCC1. The van der Waals surface area contributed by atoms with Gasteiger partial charge in [-0.1, -0.05) is 39.0 Å². The molecule has 2 rings (SSSR count). The standard InChI is InChI=1S/C14H27N3/c1-14(9-5-2-6-10-14)11-16-13(15)17-12-7-3-4-8-12/h12H,2-11H2,1H3,(H3,15,16,17). The van der Waals surface area contributed by atoms with E-state index in [0.29, 0.717) is 17.4 Å². The van der Waals surface area contributed by atoms with Crippen molar-refractivity contribution >= 4 is 5.96 Å². The molecule has 2 aliphatic carbocycles. The lowest BCUT2D eigenvalue weighted by Gasteiger charge is -2.32. The Morgan fingerprint density at radius 3 is 2.47 bits per heavy atom. The van der Waals surface area contributed by atoms with Gasteiger partial charge in [0.15, 0.2) is 5.96 Å². The maximum absolute atomic E-state index is 5.97. The van der Waals surface area contributed by atoms with E-state index < -0.39 is 0 Å². The van der Waals surface area contributed by atoms with E-state index in [1.165, 1.54) is 57.8 Å². The second-order valence-corrected chi connectivity index (χ2v) is 6.20. The van der Waals surface area contributed by atoms with Crippen LogP contribution in [0.25, 0.3) is 0 Å². The van der Waals surface area contributed by atoms with Crippen molar-refractivity contribution in [2.45, 2.75) is 70.8 Å². The van der Waals surface area contributed by atoms with E-state index in [1.54, 1.807) is 0 Å². The van der Waals surface area contributed by atoms with Crippen LogP contribution in [0.15, 0.2) is 4.99 Å². The molecular formula is C14H27N3. The van der Waals surface area contributed by atoms with Crippen LogP contribution in [0.2, 0.25) is 0 Å². The minimum atomic E-state index is 0.403. The van der Waals surface area contributed by atoms with Gasteiger partial charge in [0.25, 0.3) is 0 Å². The van der Waals surface area contributed by atoms with Crippen LogP contribution in [0, 0.1) is 5.41 Å². The molecule has 17 heavy (non-hydrogen) atoms. The fraction of sp³-hybridized carbons (Fsp3) is 0.929. The molecule has 0 saturated heterocycles. The van der Waals surface area contributed by atoms with Gasteiger partial charge in [-0.2, -0.15) is 0 Å². The summed E-state index contributed by atoms with van der Waals surface area (Å²) in [6.07, 6.45) is 11.9. The number of aliphatic imine (C=N–C) groups is 1. The Balaban J connectivity index is 1.77. The number of nitrogens with two attached hydrogens (primary N) is 1. The fourth-order valence-corrected chi connectivity index (χ4v) is 3.16. The molecule has 2 saturated carbocycles. The summed E-state index contributed by atoms with van der Waals surface area (Å²) >= 11 is 0. The molecule has 0 radical (unpaired) electrons. The van der Waals surface area contributed by atoms with Gasteiger partial charge < -0.3 is 11.1 Å². The fourth-order valence-electron chi connectivity index (χ4n) is 3.16. The minimum absolute atomic E-state index is 0.403. The number of rotatable bonds is 3. The first-order chi connectivity index (χ1) is 8.18. The zero-order chi connectivity index (χ0) is 12.1. The van der Waals surface area contributed by atoms with E-state index >= 15 is 0 Å². The maximum atomic E-state index is 5.97. The number of hydrogen-bond acceptors (Lipinski definition) is 1. The molecule has 2 aliphatic rings. The van der Waals surface area contributed by atoms with Crippen LogP contribution in [0.1, 0.15) is 64.7 Å². The van der Waals surface area contributed by atoms with Crippen molar-refractivity contribution in [3.05, 3.63) is 0 Å². The van der Waals surface area contributed by atoms with E-state index in [-0.39, 0.29) is 0 Å². The Kier molecular flexibility index (Phi) is 4.30. The molecule has 0 atom stereocenters. The van der Waals surface area contributed by atoms with Crippen LogP contribution in [-0.2, 0) is 0 Å². The lowest BCUT2D eigenvalue weighted by molar-refractivity contribution is 0.227. The van der Waals surface area contributed by atoms with Crippen molar-refractivity contribution in [3.8, 4) is 0 Å². The molecule has 0 spiro atoms. The number of nitrogens with one attached hydrogen (secondary N) is 1. The Hall–Kier alpha value is -0.730. The molecule has 0 aromatic rings. The van der Waals surface area contributed by atoms with Crippen molar-refractivity contribution in [2.24, 2.45) is 16.1 Å². The molecule has 98 valence electrons. The highest BCUT2D eigenvalue weighted by atomic mass is 15.1. The lowest BCUT2D eigenvalue weighted by Crippen LogP contribution is -2.39. The van der Waals surface area contributed by atoms with Gasteiger partial charge in [0.05, 0.1) is 0 Å². The highest BCUT2D eigenvalue weighted by Crippen LogP contribution is 2.35. The molecule has 0 aliphatic heterocycles. The summed E-state index contributed by atoms with van der Waals surface area (Å²) < 4.78 is 0. The Morgan fingerprint density at radius 2 is 1.82 bits per heavy atom. The zero-order valence-electron chi connectivity index (χ0n) is 11.2. The third-order valence-electron chi connectivity index (χ3n) is 4.40. The average Bonchev–Trinajstić information content (AvgIpc) is 2.80. The quantitative estimate of drug-likeness (QED) is 0.586. The van der Waals surface area contributed by atoms with E-state index in [1.807, 2.05) is 0 Å². The molecule has 3 nitrogen and oxygen atoms in total. The summed E-state index contributed by atoms with van der Waals surface area (Å²) in [6, 6.07) is 0.581. The first kappa shape index (κ1) is 12.7. The average molecular weight is 237 g/mol. The van der Waals surface area contributed by atoms with Crippen molar-refractivity contribution in [3.63, 3.8) is 0 Å². The predicted octanol–water partition coefficient (Wildman–Crippen LogP) is 2.80. The second kappa shape index (κ2) is 5.74. The molecule has 0 bridgehead atoms. The molecule has 0 amide bonds. The summed E-state index contributed by atoms with van der Waals surface area (Å²) in [6.45, 7) is 3.26. The van der Waals surface area contributed by atoms with Crippen molar-refractivity contribution in [1.29, 1.82) is 0 Å². The molecular weight excluding hydrogens is 210 g/mol. The largest absolute Gasteiger partial charge is 0.370 e. The van der Waals surface area contributed by atoms with Gasteiger partial charge in [-0.15, -0.1) is 0 Å². The van der Waals surface area contributed by atoms with E-state index in [9.17, 15) is 0 Å². The van der Waals surface area contributed by atoms with Gasteiger partial charge in [-0.3, -0.25) is 4.99 Å². The molecule has 3 N–H and O–H groups in total. The van der Waals surface area contributed by atoms with E-state index in [2.05, 4.69) is 17.2 Å². The van der Waals surface area contributed by atoms with Gasteiger partial charge in [0.2, 0.25) is 0 Å². The van der Waals surface area contributed by atoms with Crippen LogP contribution in [-0.4, -0.2) is 18.5 Å². The number of hydrogen-bond donors (Lipinski definition) is 2. The van der Waals surface area contributed by atoms with Crippen LogP contribution in [0.4, 0.5) is 0 Å². The van der Waals surface area contributed by atoms with E-state index in [4.69, 9.17) is 5.73 Å². The Morgan fingerprint density at radius 1 is 1.18 bits per heavy atom. The first-order valence-corrected chi connectivity index (χ1v) is 7.24. The van der Waals surface area contributed by atoms with Gasteiger partial charge in [0.1, 0.15) is 0 Å². The minimum Gasteiger partial charge on any atom is -0.370 e. The first-order valence-electron chi connectivity index (χ1n) is 7.24. The van der Waals surface area contributed by atoms with E-state index in [0.717, 1.165) is 6.54 Å². The number of nitrogens with zero attached hydrogens (tertiary/aromatic N) is 1. The smallest absolute Gasteiger partial charge is 0.188 e. The summed E-state index contributed by atoms with van der Waals surface area (Å²) in [5.74, 6) is 0.670. The van der Waals surface area contributed by atoms with Crippen molar-refractivity contribution in [2.75, 3.05) is 6.54 Å². The monoisotopic (exact) mass is 237 g/mol. The highest BCUT2D eigenvalue weighted by Gasteiger charge is 2.26. The van der Waals surface area contributed by atoms with Gasteiger partial charge in [0, 0.05) is 12.6 Å². The lowest BCUT2D eigenvalue weighted by atomic mass is 9.76. The normalized spacial score (nSPS) is 26.1. The summed E-state index contributed by atoms with van der Waals surface area (Å²) in [5.41, 5.74) is 6.37. The third kappa shape index (κ3) is 3.90. The zero-order valence-corrected chi connectivity index (χ0v) is 11.2. The molecule has 0 aromatic heterocycles. The topological polar surface area (TPSA) is 50.4 Å². The van der Waals surface area contributed by atoms with Crippen molar-refractivity contribution < 1.29 is 0 Å². The maximum Gasteiger partial charge on any atom is 0.188 e. The summed E-state index contributed by atoms with van der Waals surface area (Å²) in [7, 11) is 0. The molecule has 3 heteroatoms. The molecule has 0 heterocycles. The predicted molar refractivity (Wildman–Crippen MR) is 73.1 cm³/mol. The Labute approximate surface area is 105 Å². The van der Waals surface area contributed by atoms with Gasteiger partial charge in [-0.05, 0) is 31.1 Å². The molecule has 2 fully saturated rings. The number of guanidine groups is 1. The van der Waals surface area contributed by atoms with Crippen LogP contribution in [0.5, 0.6) is 0 Å². The molecule has 0 unspecified atom stereocenters. The summed E-state index contributed by atoms with van der Waals surface area (Å²) in [5, 5.41) is 3.36. The van der Waals surface area contributed by atoms with Crippen LogP contribution < -0.4 is 11.1 Å². The van der Waals surface area contributed by atoms with Crippen molar-refractivity contribution in [1.82, 2.24) is 5.32 Å². The molecule has 0 aromatic carbocycles. The van der Waals surface area contributed by atoms with Crippen LogP contribution in [0.3, 0.4) is 0 Å². The second-order valence-electron chi connectivity index (χ2n) is 6.20. The Bertz CT molecular complexity index is 261. The highest BCUT2D eigenvalue weighted by molar-refractivity contribution is 5.78. The van der Waals surface area contributed by atoms with Gasteiger partial charge in [-0.25, -0.2) is 0 Å². The third-order valence-corrected chi connectivity index (χ3v) is 4.40. The van der Waals surface area contributed by atoms with Gasteiger partial charge >= 0.3 is 0 Å². The summed E-state index contributed by atoms with van der Waals surface area (Å²) in [4.78, 5) is 4.57. The van der Waals surface area contributed by atoms with Crippen LogP contribution >= 0.6 is 0 Å².